The van der Waals surface area contributed by atoms with Crippen LogP contribution in [0.25, 0.3) is 33.5 Å². The Morgan fingerprint density at radius 1 is 1.08 bits per heavy atom. The van der Waals surface area contributed by atoms with Gasteiger partial charge in [0.2, 0.25) is 0 Å². The fourth-order valence-corrected chi connectivity index (χ4v) is 2.63. The van der Waals surface area contributed by atoms with Crippen LogP contribution in [0.4, 0.5) is 13.2 Å². The van der Waals surface area contributed by atoms with E-state index in [0.29, 0.717) is 27.9 Å². The molecule has 0 saturated carbocycles. The molecule has 2 aromatic heterocycles. The first-order chi connectivity index (χ1) is 11.8. The number of carboxylic acids is 1. The summed E-state index contributed by atoms with van der Waals surface area (Å²) in [5.74, 6) is -0.773. The predicted octanol–water partition coefficient (Wildman–Crippen LogP) is 3.82. The maximum Gasteiger partial charge on any atom is 0.416 e. The third-order valence-electron chi connectivity index (χ3n) is 3.84. The van der Waals surface area contributed by atoms with Crippen molar-refractivity contribution in [3.8, 4) is 11.5 Å². The number of nitrogens with one attached hydrogen (secondary N) is 2. The number of halogens is 3. The maximum atomic E-state index is 12.8. The molecule has 2 aromatic carbocycles. The van der Waals surface area contributed by atoms with Gasteiger partial charge in [-0.25, -0.2) is 9.78 Å². The highest BCUT2D eigenvalue weighted by molar-refractivity contribution is 5.98. The van der Waals surface area contributed by atoms with E-state index >= 15 is 0 Å². The van der Waals surface area contributed by atoms with Gasteiger partial charge in [-0.15, -0.1) is 0 Å². The lowest BCUT2D eigenvalue weighted by Gasteiger charge is -2.05. The molecule has 0 aliphatic heterocycles. The van der Waals surface area contributed by atoms with Crippen molar-refractivity contribution in [2.75, 3.05) is 0 Å². The van der Waals surface area contributed by atoms with E-state index in [1.165, 1.54) is 18.2 Å². The third kappa shape index (κ3) is 2.49. The molecule has 9 heteroatoms. The maximum absolute atomic E-state index is 12.8. The van der Waals surface area contributed by atoms with Crippen LogP contribution in [0, 0.1) is 0 Å². The van der Waals surface area contributed by atoms with Gasteiger partial charge >= 0.3 is 12.1 Å². The number of benzene rings is 2. The summed E-state index contributed by atoms with van der Waals surface area (Å²) in [7, 11) is 0. The monoisotopic (exact) mass is 346 g/mol. The largest absolute Gasteiger partial charge is 0.478 e. The van der Waals surface area contributed by atoms with Crippen molar-refractivity contribution in [3.63, 3.8) is 0 Å². The molecule has 0 aliphatic carbocycles. The van der Waals surface area contributed by atoms with Crippen molar-refractivity contribution in [2.24, 2.45) is 0 Å². The van der Waals surface area contributed by atoms with Crippen LogP contribution in [-0.2, 0) is 6.18 Å². The Hall–Kier alpha value is -3.36. The molecular formula is C16H9F3N4O2. The van der Waals surface area contributed by atoms with Gasteiger partial charge in [-0.05, 0) is 36.4 Å². The Bertz CT molecular complexity index is 1130. The van der Waals surface area contributed by atoms with Crippen molar-refractivity contribution in [3.05, 3.63) is 47.5 Å². The number of alkyl halides is 3. The number of aromatic nitrogens is 4. The van der Waals surface area contributed by atoms with Crippen LogP contribution in [0.2, 0.25) is 0 Å². The minimum Gasteiger partial charge on any atom is -0.478 e. The Morgan fingerprint density at radius 2 is 1.88 bits per heavy atom. The quantitative estimate of drug-likeness (QED) is 0.514. The molecule has 126 valence electrons. The van der Waals surface area contributed by atoms with E-state index in [4.69, 9.17) is 5.11 Å². The molecule has 6 nitrogen and oxygen atoms in total. The fourth-order valence-electron chi connectivity index (χ4n) is 2.63. The van der Waals surface area contributed by atoms with Crippen LogP contribution in [0.3, 0.4) is 0 Å². The zero-order valence-electron chi connectivity index (χ0n) is 12.3. The topological polar surface area (TPSA) is 94.7 Å². The normalized spacial score (nSPS) is 12.1. The SMILES string of the molecule is O=C(O)c1ccc2c(-c3nc4ccc(C(F)(F)F)cc4[nH]3)n[nH]c2c1. The summed E-state index contributed by atoms with van der Waals surface area (Å²) in [6, 6.07) is 7.67. The zero-order chi connectivity index (χ0) is 17.8. The van der Waals surface area contributed by atoms with Crippen LogP contribution >= 0.6 is 0 Å². The second-order valence-electron chi connectivity index (χ2n) is 5.45. The summed E-state index contributed by atoms with van der Waals surface area (Å²) in [5, 5.41) is 16.4. The average Bonchev–Trinajstić information content (AvgIpc) is 3.15. The second kappa shape index (κ2) is 5.07. The molecule has 0 fully saturated rings. The highest BCUT2D eigenvalue weighted by Gasteiger charge is 2.30. The summed E-state index contributed by atoms with van der Waals surface area (Å²) in [5.41, 5.74) is 0.836. The molecule has 0 unspecified atom stereocenters. The summed E-state index contributed by atoms with van der Waals surface area (Å²) in [4.78, 5) is 18.1. The predicted molar refractivity (Wildman–Crippen MR) is 83.1 cm³/mol. The van der Waals surface area contributed by atoms with Gasteiger partial charge in [-0.3, -0.25) is 5.10 Å². The van der Waals surface area contributed by atoms with Crippen LogP contribution in [-0.4, -0.2) is 31.2 Å². The third-order valence-corrected chi connectivity index (χ3v) is 3.84. The van der Waals surface area contributed by atoms with E-state index < -0.39 is 17.7 Å². The molecule has 0 spiro atoms. The lowest BCUT2D eigenvalue weighted by atomic mass is 10.1. The molecule has 4 rings (SSSR count). The van der Waals surface area contributed by atoms with E-state index in [1.54, 1.807) is 6.07 Å². The summed E-state index contributed by atoms with van der Waals surface area (Å²) in [6.45, 7) is 0. The van der Waals surface area contributed by atoms with Crippen LogP contribution in [0.15, 0.2) is 36.4 Å². The van der Waals surface area contributed by atoms with Gasteiger partial charge < -0.3 is 10.1 Å². The molecule has 4 aromatic rings. The van der Waals surface area contributed by atoms with Crippen molar-refractivity contribution < 1.29 is 23.1 Å². The number of hydrogen-bond acceptors (Lipinski definition) is 3. The Morgan fingerprint density at radius 3 is 2.60 bits per heavy atom. The van der Waals surface area contributed by atoms with Gasteiger partial charge in [0.25, 0.3) is 0 Å². The molecular weight excluding hydrogens is 337 g/mol. The Labute approximate surface area is 137 Å². The summed E-state index contributed by atoms with van der Waals surface area (Å²) in [6.07, 6.45) is -4.44. The van der Waals surface area contributed by atoms with Gasteiger partial charge in [0, 0.05) is 5.39 Å². The first-order valence-corrected chi connectivity index (χ1v) is 7.12. The summed E-state index contributed by atoms with van der Waals surface area (Å²) < 4.78 is 38.4. The van der Waals surface area contributed by atoms with Gasteiger partial charge in [-0.2, -0.15) is 18.3 Å². The molecule has 0 bridgehead atoms. The van der Waals surface area contributed by atoms with Gasteiger partial charge in [0.05, 0.1) is 27.7 Å². The smallest absolute Gasteiger partial charge is 0.416 e. The van der Waals surface area contributed by atoms with Crippen molar-refractivity contribution in [1.82, 2.24) is 20.2 Å². The number of fused-ring (bicyclic) bond motifs is 2. The van der Waals surface area contributed by atoms with Gasteiger partial charge in [-0.1, -0.05) is 0 Å². The van der Waals surface area contributed by atoms with E-state index in [9.17, 15) is 18.0 Å². The average molecular weight is 346 g/mol. The van der Waals surface area contributed by atoms with Gasteiger partial charge in [0.1, 0.15) is 5.69 Å². The number of aromatic amines is 2. The molecule has 2 heterocycles. The number of carbonyl (C=O) groups is 1. The zero-order valence-corrected chi connectivity index (χ0v) is 12.3. The molecule has 0 amide bonds. The molecule has 0 aliphatic rings. The highest BCUT2D eigenvalue weighted by atomic mass is 19.4. The van der Waals surface area contributed by atoms with Crippen molar-refractivity contribution in [1.29, 1.82) is 0 Å². The van der Waals surface area contributed by atoms with Crippen LogP contribution in [0.1, 0.15) is 15.9 Å². The number of carboxylic acid groups (broad SMARTS) is 1. The first-order valence-electron chi connectivity index (χ1n) is 7.12. The van der Waals surface area contributed by atoms with E-state index in [2.05, 4.69) is 20.2 Å². The summed E-state index contributed by atoms with van der Waals surface area (Å²) >= 11 is 0. The number of hydrogen-bond donors (Lipinski definition) is 3. The van der Waals surface area contributed by atoms with E-state index in [1.807, 2.05) is 0 Å². The molecule has 0 atom stereocenters. The molecule has 25 heavy (non-hydrogen) atoms. The minimum absolute atomic E-state index is 0.0992. The van der Waals surface area contributed by atoms with Crippen molar-refractivity contribution >= 4 is 27.9 Å². The Kier molecular flexibility index (Phi) is 3.08. The van der Waals surface area contributed by atoms with Crippen LogP contribution in [0.5, 0.6) is 0 Å². The highest BCUT2D eigenvalue weighted by Crippen LogP contribution is 2.32. The second-order valence-corrected chi connectivity index (χ2v) is 5.45. The number of H-pyrrole nitrogens is 2. The van der Waals surface area contributed by atoms with E-state index in [0.717, 1.165) is 12.1 Å². The molecule has 3 N–H and O–H groups in total. The number of rotatable bonds is 2. The van der Waals surface area contributed by atoms with Crippen molar-refractivity contribution in [2.45, 2.75) is 6.18 Å². The fraction of sp³-hybridized carbons (Fsp3) is 0.0625. The lowest BCUT2D eigenvalue weighted by molar-refractivity contribution is -0.137. The lowest BCUT2D eigenvalue weighted by Crippen LogP contribution is -2.04. The molecule has 0 saturated heterocycles. The first kappa shape index (κ1) is 15.2. The minimum atomic E-state index is -4.44. The number of nitrogens with zero attached hydrogens (tertiary/aromatic N) is 2. The van der Waals surface area contributed by atoms with Crippen LogP contribution < -0.4 is 0 Å². The van der Waals surface area contributed by atoms with Gasteiger partial charge in [0.15, 0.2) is 5.82 Å². The Balaban J connectivity index is 1.84. The number of aromatic carboxylic acids is 1. The number of imidazole rings is 1. The standard InChI is InChI=1S/C16H9F3N4O2/c17-16(18,19)8-2-4-10-12(6-8)21-14(20-10)13-9-3-1-7(15(24)25)5-11(9)22-23-13/h1-6H,(H,20,21)(H,22,23)(H,24,25). The molecule has 0 radical (unpaired) electrons. The van der Waals surface area contributed by atoms with E-state index in [-0.39, 0.29) is 11.1 Å².